The first-order valence-corrected chi connectivity index (χ1v) is 4.70. The number of carbonyl (C=O) groups is 1. The number of primary amides is 1. The van der Waals surface area contributed by atoms with E-state index in [1.54, 1.807) is 18.2 Å². The van der Waals surface area contributed by atoms with E-state index in [-0.39, 0.29) is 0 Å². The van der Waals surface area contributed by atoms with Gasteiger partial charge in [0.15, 0.2) is 0 Å². The molecule has 0 saturated carbocycles. The van der Waals surface area contributed by atoms with Crippen molar-refractivity contribution in [3.8, 4) is 6.07 Å². The zero-order chi connectivity index (χ0) is 9.84. The third-order valence-electron chi connectivity index (χ3n) is 1.65. The van der Waals surface area contributed by atoms with Gasteiger partial charge >= 0.3 is 0 Å². The predicted octanol–water partition coefficient (Wildman–Crippen LogP) is 1.55. The van der Waals surface area contributed by atoms with Gasteiger partial charge in [0.2, 0.25) is 5.91 Å². The maximum atomic E-state index is 10.8. The van der Waals surface area contributed by atoms with Crippen LogP contribution in [0.15, 0.2) is 18.2 Å². The molecule has 0 aromatic heterocycles. The molecule has 0 radical (unpaired) electrons. The number of alkyl halides is 1. The monoisotopic (exact) mass is 238 g/mol. The maximum Gasteiger partial charge on any atom is 0.248 e. The fourth-order valence-corrected chi connectivity index (χ4v) is 1.43. The van der Waals surface area contributed by atoms with Crippen molar-refractivity contribution in [2.24, 2.45) is 5.73 Å². The van der Waals surface area contributed by atoms with Crippen LogP contribution in [0.2, 0.25) is 0 Å². The molecular weight excluding hydrogens is 232 g/mol. The molecule has 13 heavy (non-hydrogen) atoms. The van der Waals surface area contributed by atoms with E-state index in [1.165, 1.54) is 0 Å². The van der Waals surface area contributed by atoms with E-state index >= 15 is 0 Å². The number of halogens is 1. The SMILES string of the molecule is N#Cc1ccc(C(N)=O)cc1CBr. The van der Waals surface area contributed by atoms with Crippen LogP contribution < -0.4 is 5.73 Å². The molecule has 66 valence electrons. The van der Waals surface area contributed by atoms with Crippen molar-refractivity contribution in [2.75, 3.05) is 0 Å². The Morgan fingerprint density at radius 1 is 1.62 bits per heavy atom. The Morgan fingerprint density at radius 2 is 2.31 bits per heavy atom. The van der Waals surface area contributed by atoms with Crippen molar-refractivity contribution >= 4 is 21.8 Å². The van der Waals surface area contributed by atoms with Gasteiger partial charge in [-0.1, -0.05) is 15.9 Å². The van der Waals surface area contributed by atoms with Gasteiger partial charge in [-0.25, -0.2) is 0 Å². The standard InChI is InChI=1S/C9H7BrN2O/c10-4-8-3-6(9(12)13)1-2-7(8)5-11/h1-3H,4H2,(H2,12,13). The molecule has 2 N–H and O–H groups in total. The molecule has 0 atom stereocenters. The van der Waals surface area contributed by atoms with Crippen LogP contribution in [0.4, 0.5) is 0 Å². The Bertz CT molecular complexity index is 382. The summed E-state index contributed by atoms with van der Waals surface area (Å²) in [6, 6.07) is 6.79. The maximum absolute atomic E-state index is 10.8. The van der Waals surface area contributed by atoms with Crippen LogP contribution in [0.1, 0.15) is 21.5 Å². The molecule has 0 saturated heterocycles. The number of amides is 1. The largest absolute Gasteiger partial charge is 0.366 e. The Labute approximate surface area is 84.3 Å². The van der Waals surface area contributed by atoms with Gasteiger partial charge in [-0.15, -0.1) is 0 Å². The number of carbonyl (C=O) groups excluding carboxylic acids is 1. The van der Waals surface area contributed by atoms with Gasteiger partial charge in [-0.05, 0) is 23.8 Å². The van der Waals surface area contributed by atoms with Crippen molar-refractivity contribution < 1.29 is 4.79 Å². The van der Waals surface area contributed by atoms with Gasteiger partial charge in [-0.2, -0.15) is 5.26 Å². The summed E-state index contributed by atoms with van der Waals surface area (Å²) >= 11 is 3.23. The minimum atomic E-state index is -0.480. The highest BCUT2D eigenvalue weighted by atomic mass is 79.9. The number of rotatable bonds is 2. The highest BCUT2D eigenvalue weighted by Gasteiger charge is 2.05. The van der Waals surface area contributed by atoms with E-state index in [4.69, 9.17) is 11.0 Å². The van der Waals surface area contributed by atoms with Crippen molar-refractivity contribution in [1.29, 1.82) is 5.26 Å². The van der Waals surface area contributed by atoms with E-state index in [1.807, 2.05) is 6.07 Å². The highest BCUT2D eigenvalue weighted by molar-refractivity contribution is 9.08. The average molecular weight is 239 g/mol. The zero-order valence-electron chi connectivity index (χ0n) is 6.75. The quantitative estimate of drug-likeness (QED) is 0.795. The summed E-state index contributed by atoms with van der Waals surface area (Å²) in [5.41, 5.74) is 6.85. The second-order valence-electron chi connectivity index (χ2n) is 2.48. The summed E-state index contributed by atoms with van der Waals surface area (Å²) in [5.74, 6) is -0.480. The molecule has 1 aromatic rings. The van der Waals surface area contributed by atoms with Gasteiger partial charge < -0.3 is 5.73 Å². The van der Waals surface area contributed by atoms with Gasteiger partial charge in [0.1, 0.15) is 0 Å². The number of nitrogens with zero attached hydrogens (tertiary/aromatic N) is 1. The average Bonchev–Trinajstić information content (AvgIpc) is 2.16. The van der Waals surface area contributed by atoms with E-state index in [0.29, 0.717) is 16.5 Å². The molecule has 0 aliphatic heterocycles. The van der Waals surface area contributed by atoms with Crippen LogP contribution in [0.25, 0.3) is 0 Å². The Morgan fingerprint density at radius 3 is 2.77 bits per heavy atom. The fourth-order valence-electron chi connectivity index (χ4n) is 0.967. The molecule has 0 spiro atoms. The molecule has 0 fully saturated rings. The highest BCUT2D eigenvalue weighted by Crippen LogP contribution is 2.14. The topological polar surface area (TPSA) is 66.9 Å². The Hall–Kier alpha value is -1.34. The summed E-state index contributed by atoms with van der Waals surface area (Å²) in [5, 5.41) is 9.23. The normalized spacial score (nSPS) is 9.23. The zero-order valence-corrected chi connectivity index (χ0v) is 8.34. The summed E-state index contributed by atoms with van der Waals surface area (Å²) in [6.07, 6.45) is 0. The van der Waals surface area contributed by atoms with E-state index in [9.17, 15) is 4.79 Å². The number of nitriles is 1. The predicted molar refractivity (Wildman–Crippen MR) is 52.3 cm³/mol. The van der Waals surface area contributed by atoms with Gasteiger partial charge in [-0.3, -0.25) is 4.79 Å². The molecule has 1 aromatic carbocycles. The van der Waals surface area contributed by atoms with E-state index < -0.39 is 5.91 Å². The third kappa shape index (κ3) is 2.07. The molecule has 0 bridgehead atoms. The van der Waals surface area contributed by atoms with Crippen LogP contribution in [0.5, 0.6) is 0 Å². The molecule has 0 unspecified atom stereocenters. The molecule has 4 heteroatoms. The number of nitrogens with two attached hydrogens (primary N) is 1. The van der Waals surface area contributed by atoms with Crippen molar-refractivity contribution in [3.63, 3.8) is 0 Å². The first kappa shape index (κ1) is 9.75. The molecular formula is C9H7BrN2O. The lowest BCUT2D eigenvalue weighted by Gasteiger charge is -2.01. The number of hydrogen-bond acceptors (Lipinski definition) is 2. The lowest BCUT2D eigenvalue weighted by atomic mass is 10.1. The fraction of sp³-hybridized carbons (Fsp3) is 0.111. The lowest BCUT2D eigenvalue weighted by molar-refractivity contribution is 0.1000. The molecule has 0 aliphatic carbocycles. The molecule has 1 amide bonds. The summed E-state index contributed by atoms with van der Waals surface area (Å²) in [7, 11) is 0. The minimum Gasteiger partial charge on any atom is -0.366 e. The molecule has 0 heterocycles. The summed E-state index contributed by atoms with van der Waals surface area (Å²) < 4.78 is 0. The molecule has 3 nitrogen and oxygen atoms in total. The smallest absolute Gasteiger partial charge is 0.248 e. The number of hydrogen-bond donors (Lipinski definition) is 1. The van der Waals surface area contributed by atoms with Gasteiger partial charge in [0.25, 0.3) is 0 Å². The summed E-state index contributed by atoms with van der Waals surface area (Å²) in [6.45, 7) is 0. The number of benzene rings is 1. The Balaban J connectivity index is 3.23. The first-order valence-electron chi connectivity index (χ1n) is 3.58. The van der Waals surface area contributed by atoms with Crippen LogP contribution >= 0.6 is 15.9 Å². The molecule has 0 aliphatic rings. The van der Waals surface area contributed by atoms with E-state index in [0.717, 1.165) is 5.56 Å². The first-order chi connectivity index (χ1) is 6.19. The van der Waals surface area contributed by atoms with Gasteiger partial charge in [0, 0.05) is 10.9 Å². The Kier molecular flexibility index (Phi) is 3.04. The lowest BCUT2D eigenvalue weighted by Crippen LogP contribution is -2.11. The van der Waals surface area contributed by atoms with E-state index in [2.05, 4.69) is 15.9 Å². The van der Waals surface area contributed by atoms with Crippen LogP contribution in [0, 0.1) is 11.3 Å². The van der Waals surface area contributed by atoms with Gasteiger partial charge in [0.05, 0.1) is 11.6 Å². The molecule has 1 rings (SSSR count). The van der Waals surface area contributed by atoms with Crippen molar-refractivity contribution in [1.82, 2.24) is 0 Å². The van der Waals surface area contributed by atoms with Crippen molar-refractivity contribution in [2.45, 2.75) is 5.33 Å². The van der Waals surface area contributed by atoms with Crippen LogP contribution in [-0.4, -0.2) is 5.91 Å². The third-order valence-corrected chi connectivity index (χ3v) is 2.26. The van der Waals surface area contributed by atoms with Crippen LogP contribution in [0.3, 0.4) is 0 Å². The van der Waals surface area contributed by atoms with Crippen LogP contribution in [-0.2, 0) is 5.33 Å². The minimum absolute atomic E-state index is 0.424. The second kappa shape index (κ2) is 4.06. The van der Waals surface area contributed by atoms with Crippen molar-refractivity contribution in [3.05, 3.63) is 34.9 Å². The summed E-state index contributed by atoms with van der Waals surface area (Å²) in [4.78, 5) is 10.8. The second-order valence-corrected chi connectivity index (χ2v) is 3.04.